The van der Waals surface area contributed by atoms with E-state index in [0.717, 1.165) is 28.7 Å². The van der Waals surface area contributed by atoms with Gasteiger partial charge in [0.05, 0.1) is 23.0 Å². The van der Waals surface area contributed by atoms with Crippen LogP contribution in [0.2, 0.25) is 0 Å². The number of carbonyl (C=O) groups excluding carboxylic acids is 2. The molecule has 0 spiro atoms. The molecular formula is C31H23N7O3. The van der Waals surface area contributed by atoms with E-state index >= 15 is 0 Å². The molecule has 0 fully saturated rings. The summed E-state index contributed by atoms with van der Waals surface area (Å²) in [6, 6.07) is 26.3. The minimum Gasteiger partial charge on any atom is -0.506 e. The van der Waals surface area contributed by atoms with Crippen LogP contribution in [0.4, 0.5) is 5.82 Å². The number of aromatic nitrogens is 5. The number of nitrogens with zero attached hydrogens (tertiary/aromatic N) is 5. The second-order valence-corrected chi connectivity index (χ2v) is 9.21. The Labute approximate surface area is 234 Å². The lowest BCUT2D eigenvalue weighted by molar-refractivity contribution is 0.0946. The van der Waals surface area contributed by atoms with Crippen molar-refractivity contribution >= 4 is 29.2 Å². The summed E-state index contributed by atoms with van der Waals surface area (Å²) in [5.74, 6) is 0.211. The first kappa shape index (κ1) is 25.4. The van der Waals surface area contributed by atoms with Crippen molar-refractivity contribution < 1.29 is 14.7 Å². The van der Waals surface area contributed by atoms with Gasteiger partial charge < -0.3 is 16.2 Å². The summed E-state index contributed by atoms with van der Waals surface area (Å²) in [7, 11) is 0. The Hall–Kier alpha value is -5.90. The first-order chi connectivity index (χ1) is 20.0. The van der Waals surface area contributed by atoms with Gasteiger partial charge in [-0.25, -0.2) is 19.9 Å². The number of aromatic hydroxyl groups is 1. The Balaban J connectivity index is 1.35. The van der Waals surface area contributed by atoms with Gasteiger partial charge in [0.15, 0.2) is 17.8 Å². The maximum absolute atomic E-state index is 12.6. The Morgan fingerprint density at radius 1 is 0.951 bits per heavy atom. The van der Waals surface area contributed by atoms with E-state index in [1.54, 1.807) is 6.20 Å². The second kappa shape index (κ2) is 10.7. The van der Waals surface area contributed by atoms with Crippen LogP contribution in [0.15, 0.2) is 97.3 Å². The van der Waals surface area contributed by atoms with Crippen molar-refractivity contribution in [3.05, 3.63) is 114 Å². The number of nitrogens with one attached hydrogen (secondary N) is 1. The molecule has 4 heterocycles. The van der Waals surface area contributed by atoms with E-state index in [2.05, 4.69) is 15.3 Å². The molecule has 200 valence electrons. The van der Waals surface area contributed by atoms with Crippen LogP contribution in [0.25, 0.3) is 39.5 Å². The van der Waals surface area contributed by atoms with Gasteiger partial charge in [-0.2, -0.15) is 0 Å². The number of nitrogen functional groups attached to an aromatic ring is 1. The SMILES string of the molecule is Nc1ncccc1-c1nc2ccc(-c3ccccc3)nc2n1-c1ccc(CNC(=O)c2cc(C=O)c(O)cn2)cc1. The number of rotatable bonds is 7. The molecule has 0 aliphatic heterocycles. The lowest BCUT2D eigenvalue weighted by atomic mass is 10.1. The largest absolute Gasteiger partial charge is 0.506 e. The van der Waals surface area contributed by atoms with Crippen LogP contribution in [-0.2, 0) is 6.54 Å². The standard InChI is InChI=1S/C31H23N7O3/c32-28-23(7-4-14-33-28)29-37-25-13-12-24(20-5-2-1-3-6-20)36-30(25)38(29)22-10-8-19(9-11-22)16-35-31(41)26-15-21(18-39)27(40)17-34-26/h1-15,17-18,40H,16H2,(H2,32,33)(H,35,41). The Kier molecular flexibility index (Phi) is 6.62. The molecule has 10 nitrogen and oxygen atoms in total. The molecule has 0 aliphatic carbocycles. The Morgan fingerprint density at radius 3 is 2.51 bits per heavy atom. The number of fused-ring (bicyclic) bond motifs is 1. The number of carbonyl (C=O) groups is 2. The van der Waals surface area contributed by atoms with Crippen LogP contribution in [0.3, 0.4) is 0 Å². The molecule has 0 saturated carbocycles. The molecule has 4 aromatic heterocycles. The van der Waals surface area contributed by atoms with Gasteiger partial charge in [-0.1, -0.05) is 42.5 Å². The van der Waals surface area contributed by atoms with E-state index in [9.17, 15) is 14.7 Å². The van der Waals surface area contributed by atoms with Crippen molar-refractivity contribution in [3.63, 3.8) is 0 Å². The van der Waals surface area contributed by atoms with Crippen LogP contribution in [0.1, 0.15) is 26.4 Å². The van der Waals surface area contributed by atoms with E-state index in [-0.39, 0.29) is 23.6 Å². The van der Waals surface area contributed by atoms with Crippen molar-refractivity contribution in [2.75, 3.05) is 5.73 Å². The van der Waals surface area contributed by atoms with Gasteiger partial charge >= 0.3 is 0 Å². The summed E-state index contributed by atoms with van der Waals surface area (Å²) in [5, 5.41) is 12.4. The summed E-state index contributed by atoms with van der Waals surface area (Å²) >= 11 is 0. The second-order valence-electron chi connectivity index (χ2n) is 9.21. The van der Waals surface area contributed by atoms with Crippen LogP contribution in [0.5, 0.6) is 5.75 Å². The lowest BCUT2D eigenvalue weighted by Gasteiger charge is -2.12. The fourth-order valence-electron chi connectivity index (χ4n) is 4.48. The molecule has 0 unspecified atom stereocenters. The van der Waals surface area contributed by atoms with Gasteiger partial charge in [0.2, 0.25) is 0 Å². The zero-order valence-electron chi connectivity index (χ0n) is 21.6. The number of aldehydes is 1. The summed E-state index contributed by atoms with van der Waals surface area (Å²) in [6.07, 6.45) is 3.18. The summed E-state index contributed by atoms with van der Waals surface area (Å²) in [6.45, 7) is 0.224. The fraction of sp³-hybridized carbons (Fsp3) is 0.0323. The average Bonchev–Trinajstić information content (AvgIpc) is 3.39. The Morgan fingerprint density at radius 2 is 1.76 bits per heavy atom. The van der Waals surface area contributed by atoms with Crippen molar-refractivity contribution in [1.82, 2.24) is 29.8 Å². The van der Waals surface area contributed by atoms with E-state index in [4.69, 9.17) is 15.7 Å². The van der Waals surface area contributed by atoms with Crippen LogP contribution in [0, 0.1) is 0 Å². The van der Waals surface area contributed by atoms with Crippen molar-refractivity contribution in [3.8, 4) is 34.1 Å². The molecule has 0 atom stereocenters. The number of hydrogen-bond acceptors (Lipinski definition) is 8. The first-order valence-electron chi connectivity index (χ1n) is 12.7. The molecule has 10 heteroatoms. The maximum Gasteiger partial charge on any atom is 0.270 e. The highest BCUT2D eigenvalue weighted by atomic mass is 16.3. The lowest BCUT2D eigenvalue weighted by Crippen LogP contribution is -2.24. The molecule has 41 heavy (non-hydrogen) atoms. The molecule has 0 saturated heterocycles. The highest BCUT2D eigenvalue weighted by Gasteiger charge is 2.19. The van der Waals surface area contributed by atoms with Crippen molar-refractivity contribution in [2.45, 2.75) is 6.54 Å². The molecule has 0 aliphatic rings. The smallest absolute Gasteiger partial charge is 0.270 e. The zero-order chi connectivity index (χ0) is 28.3. The number of amides is 1. The predicted octanol–water partition coefficient (Wildman–Crippen LogP) is 4.57. The highest BCUT2D eigenvalue weighted by molar-refractivity contribution is 5.94. The van der Waals surface area contributed by atoms with E-state index in [0.29, 0.717) is 34.7 Å². The maximum atomic E-state index is 12.6. The van der Waals surface area contributed by atoms with Gasteiger partial charge in [0, 0.05) is 24.0 Å². The predicted molar refractivity (Wildman–Crippen MR) is 154 cm³/mol. The number of hydrogen-bond donors (Lipinski definition) is 3. The van der Waals surface area contributed by atoms with E-state index in [1.165, 1.54) is 6.07 Å². The number of imidazole rings is 1. The van der Waals surface area contributed by atoms with Gasteiger partial charge in [0.1, 0.15) is 22.8 Å². The highest BCUT2D eigenvalue weighted by Crippen LogP contribution is 2.31. The molecule has 6 rings (SSSR count). The third-order valence-electron chi connectivity index (χ3n) is 6.57. The molecule has 4 N–H and O–H groups in total. The number of benzene rings is 2. The van der Waals surface area contributed by atoms with Crippen molar-refractivity contribution in [1.29, 1.82) is 0 Å². The summed E-state index contributed by atoms with van der Waals surface area (Å²) in [5.41, 5.74) is 11.8. The van der Waals surface area contributed by atoms with Crippen LogP contribution in [-0.4, -0.2) is 41.8 Å². The normalized spacial score (nSPS) is 10.9. The van der Waals surface area contributed by atoms with Crippen LogP contribution >= 0.6 is 0 Å². The van der Waals surface area contributed by atoms with Gasteiger partial charge in [-0.05, 0) is 48.0 Å². The topological polar surface area (TPSA) is 149 Å². The van der Waals surface area contributed by atoms with Gasteiger partial charge in [-0.15, -0.1) is 0 Å². The molecule has 1 amide bonds. The fourth-order valence-corrected chi connectivity index (χ4v) is 4.48. The van der Waals surface area contributed by atoms with Crippen molar-refractivity contribution in [2.24, 2.45) is 0 Å². The average molecular weight is 542 g/mol. The minimum atomic E-state index is -0.468. The number of nitrogens with two attached hydrogens (primary N) is 1. The number of pyridine rings is 3. The minimum absolute atomic E-state index is 0.00356. The monoisotopic (exact) mass is 541 g/mol. The van der Waals surface area contributed by atoms with E-state index in [1.807, 2.05) is 83.4 Å². The third kappa shape index (κ3) is 4.97. The zero-order valence-corrected chi connectivity index (χ0v) is 21.6. The summed E-state index contributed by atoms with van der Waals surface area (Å²) < 4.78 is 1.94. The molecule has 0 radical (unpaired) electrons. The summed E-state index contributed by atoms with van der Waals surface area (Å²) in [4.78, 5) is 41.6. The van der Waals surface area contributed by atoms with Gasteiger partial charge in [-0.3, -0.25) is 14.2 Å². The molecular weight excluding hydrogens is 518 g/mol. The third-order valence-corrected chi connectivity index (χ3v) is 6.57. The van der Waals surface area contributed by atoms with Crippen LogP contribution < -0.4 is 11.1 Å². The quantitative estimate of drug-likeness (QED) is 0.249. The number of anilines is 1. The molecule has 6 aromatic rings. The molecule has 0 bridgehead atoms. The van der Waals surface area contributed by atoms with Gasteiger partial charge in [0.25, 0.3) is 5.91 Å². The van der Waals surface area contributed by atoms with E-state index < -0.39 is 5.91 Å². The molecule has 2 aromatic carbocycles. The Bertz CT molecular complexity index is 1900. The first-order valence-corrected chi connectivity index (χ1v) is 12.7.